The summed E-state index contributed by atoms with van der Waals surface area (Å²) < 4.78 is 5.63. The second-order valence-electron chi connectivity index (χ2n) is 5.97. The summed E-state index contributed by atoms with van der Waals surface area (Å²) in [5, 5.41) is 18.5. The third kappa shape index (κ3) is 6.83. The first-order valence-electron chi connectivity index (χ1n) is 9.44. The molecule has 0 aliphatic rings. The summed E-state index contributed by atoms with van der Waals surface area (Å²) in [5.74, 6) is 1.46. The van der Waals surface area contributed by atoms with Crippen LogP contribution in [0.1, 0.15) is 29.8 Å². The second-order valence-corrected chi connectivity index (χ2v) is 5.97. The zero-order valence-electron chi connectivity index (χ0n) is 16.4. The Morgan fingerprint density at radius 2 is 1.71 bits per heavy atom. The summed E-state index contributed by atoms with van der Waals surface area (Å²) in [5.41, 5.74) is 1.52. The quantitative estimate of drug-likeness (QED) is 0.302. The van der Waals surface area contributed by atoms with Crippen molar-refractivity contribution in [1.82, 2.24) is 16.0 Å². The van der Waals surface area contributed by atoms with Crippen molar-refractivity contribution >= 4 is 11.9 Å². The largest absolute Gasteiger partial charge is 0.508 e. The molecule has 28 heavy (non-hydrogen) atoms. The van der Waals surface area contributed by atoms with Crippen LogP contribution in [0.3, 0.4) is 0 Å². The van der Waals surface area contributed by atoms with Gasteiger partial charge in [0, 0.05) is 30.8 Å². The number of amides is 1. The van der Waals surface area contributed by atoms with Crippen molar-refractivity contribution in [2.24, 2.45) is 4.99 Å². The highest BCUT2D eigenvalue weighted by molar-refractivity contribution is 5.94. The van der Waals surface area contributed by atoms with Crippen LogP contribution in [0.25, 0.3) is 0 Å². The first-order chi connectivity index (χ1) is 13.6. The normalized spacial score (nSPS) is 11.0. The smallest absolute Gasteiger partial charge is 0.251 e. The van der Waals surface area contributed by atoms with Crippen molar-refractivity contribution in [3.8, 4) is 11.5 Å². The predicted octanol–water partition coefficient (Wildman–Crippen LogP) is 2.28. The van der Waals surface area contributed by atoms with Crippen molar-refractivity contribution in [3.05, 3.63) is 59.7 Å². The second kappa shape index (κ2) is 11.5. The van der Waals surface area contributed by atoms with Crippen molar-refractivity contribution in [3.63, 3.8) is 0 Å². The van der Waals surface area contributed by atoms with E-state index in [0.717, 1.165) is 17.9 Å². The van der Waals surface area contributed by atoms with E-state index in [2.05, 4.69) is 20.9 Å². The molecule has 0 aliphatic heterocycles. The van der Waals surface area contributed by atoms with Crippen LogP contribution in [0.4, 0.5) is 0 Å². The number of rotatable bonds is 9. The Labute approximate surface area is 165 Å². The van der Waals surface area contributed by atoms with Gasteiger partial charge in [-0.1, -0.05) is 18.2 Å². The molecule has 0 bridgehead atoms. The van der Waals surface area contributed by atoms with E-state index in [0.29, 0.717) is 37.8 Å². The first-order valence-corrected chi connectivity index (χ1v) is 9.44. The van der Waals surface area contributed by atoms with E-state index in [1.165, 1.54) is 12.1 Å². The fraction of sp³-hybridized carbons (Fsp3) is 0.333. The highest BCUT2D eigenvalue weighted by Crippen LogP contribution is 2.18. The molecule has 0 radical (unpaired) electrons. The molecule has 7 heteroatoms. The van der Waals surface area contributed by atoms with Gasteiger partial charge in [0.15, 0.2) is 5.96 Å². The van der Waals surface area contributed by atoms with Gasteiger partial charge in [0.05, 0.1) is 13.2 Å². The van der Waals surface area contributed by atoms with E-state index < -0.39 is 0 Å². The van der Waals surface area contributed by atoms with Gasteiger partial charge in [-0.3, -0.25) is 4.79 Å². The molecule has 0 fully saturated rings. The van der Waals surface area contributed by atoms with Crippen LogP contribution >= 0.6 is 0 Å². The number of hydrogen-bond acceptors (Lipinski definition) is 4. The van der Waals surface area contributed by atoms with Gasteiger partial charge in [-0.05, 0) is 44.2 Å². The molecular formula is C21H28N4O3. The Bertz CT molecular complexity index is 775. The molecule has 4 N–H and O–H groups in total. The van der Waals surface area contributed by atoms with Gasteiger partial charge in [0.1, 0.15) is 11.5 Å². The van der Waals surface area contributed by atoms with E-state index in [9.17, 15) is 9.90 Å². The fourth-order valence-corrected chi connectivity index (χ4v) is 2.51. The molecule has 0 atom stereocenters. The minimum atomic E-state index is -0.186. The third-order valence-electron chi connectivity index (χ3n) is 3.86. The molecule has 150 valence electrons. The molecule has 2 rings (SSSR count). The van der Waals surface area contributed by atoms with Crippen molar-refractivity contribution in [1.29, 1.82) is 0 Å². The maximum Gasteiger partial charge on any atom is 0.251 e. The Morgan fingerprint density at radius 3 is 2.43 bits per heavy atom. The summed E-state index contributed by atoms with van der Waals surface area (Å²) in [4.78, 5) is 16.6. The molecular weight excluding hydrogens is 356 g/mol. The number of aromatic hydroxyl groups is 1. The van der Waals surface area contributed by atoms with Gasteiger partial charge in [-0.15, -0.1) is 0 Å². The number of carbonyl (C=O) groups is 1. The lowest BCUT2D eigenvalue weighted by Crippen LogP contribution is -2.41. The number of carbonyl (C=O) groups excluding carboxylic acids is 1. The average Bonchev–Trinajstić information content (AvgIpc) is 2.70. The lowest BCUT2D eigenvalue weighted by atomic mass is 10.2. The van der Waals surface area contributed by atoms with Gasteiger partial charge >= 0.3 is 0 Å². The summed E-state index contributed by atoms with van der Waals surface area (Å²) in [6.45, 7) is 6.77. The van der Waals surface area contributed by atoms with E-state index in [1.54, 1.807) is 12.1 Å². The van der Waals surface area contributed by atoms with E-state index in [-0.39, 0.29) is 11.7 Å². The Balaban J connectivity index is 1.84. The van der Waals surface area contributed by atoms with Crippen LogP contribution in [0.2, 0.25) is 0 Å². The molecule has 2 aromatic carbocycles. The summed E-state index contributed by atoms with van der Waals surface area (Å²) in [6, 6.07) is 14.0. The molecule has 0 saturated carbocycles. The molecule has 0 aromatic heterocycles. The Kier molecular flexibility index (Phi) is 8.65. The molecule has 0 spiro atoms. The third-order valence-corrected chi connectivity index (χ3v) is 3.86. The predicted molar refractivity (Wildman–Crippen MR) is 111 cm³/mol. The molecule has 2 aromatic rings. The fourth-order valence-electron chi connectivity index (χ4n) is 2.51. The number of aliphatic imine (C=N–C) groups is 1. The lowest BCUT2D eigenvalue weighted by Gasteiger charge is -2.13. The van der Waals surface area contributed by atoms with Gasteiger partial charge in [0.2, 0.25) is 0 Å². The zero-order chi connectivity index (χ0) is 20.2. The number of benzene rings is 2. The number of hydrogen-bond donors (Lipinski definition) is 4. The molecule has 7 nitrogen and oxygen atoms in total. The highest BCUT2D eigenvalue weighted by atomic mass is 16.5. The summed E-state index contributed by atoms with van der Waals surface area (Å²) >= 11 is 0. The lowest BCUT2D eigenvalue weighted by molar-refractivity contribution is 0.0954. The van der Waals surface area contributed by atoms with Gasteiger partial charge in [-0.25, -0.2) is 4.99 Å². The Hall–Kier alpha value is -3.22. The molecule has 0 unspecified atom stereocenters. The standard InChI is InChI=1S/C21H28N4O3/c1-3-22-21(25-15-17-7-5-6-8-19(17)28-4-2)24-14-13-23-20(27)16-9-11-18(26)12-10-16/h5-12,26H,3-4,13-15H2,1-2H3,(H,23,27)(H2,22,24,25). The van der Waals surface area contributed by atoms with Crippen LogP contribution in [0, 0.1) is 0 Å². The van der Waals surface area contributed by atoms with Crippen LogP contribution in [0.5, 0.6) is 11.5 Å². The molecule has 0 saturated heterocycles. The summed E-state index contributed by atoms with van der Waals surface area (Å²) in [7, 11) is 0. The molecule has 1 amide bonds. The number of phenols is 1. The zero-order valence-corrected chi connectivity index (χ0v) is 16.4. The van der Waals surface area contributed by atoms with Crippen molar-refractivity contribution < 1.29 is 14.6 Å². The van der Waals surface area contributed by atoms with E-state index >= 15 is 0 Å². The van der Waals surface area contributed by atoms with Crippen molar-refractivity contribution in [2.45, 2.75) is 20.4 Å². The molecule has 0 aliphatic carbocycles. The maximum absolute atomic E-state index is 12.1. The molecule has 0 heterocycles. The van der Waals surface area contributed by atoms with E-state index in [1.807, 2.05) is 38.1 Å². The minimum absolute atomic E-state index is 0.135. The monoisotopic (exact) mass is 384 g/mol. The minimum Gasteiger partial charge on any atom is -0.508 e. The maximum atomic E-state index is 12.1. The number of nitrogens with one attached hydrogen (secondary N) is 3. The average molecular weight is 384 g/mol. The van der Waals surface area contributed by atoms with Crippen LogP contribution in [-0.4, -0.2) is 43.2 Å². The van der Waals surface area contributed by atoms with Crippen molar-refractivity contribution in [2.75, 3.05) is 26.2 Å². The Morgan fingerprint density at radius 1 is 1.00 bits per heavy atom. The van der Waals surface area contributed by atoms with Gasteiger partial charge in [-0.2, -0.15) is 0 Å². The topological polar surface area (TPSA) is 95.0 Å². The van der Waals surface area contributed by atoms with Crippen LogP contribution in [-0.2, 0) is 6.54 Å². The first kappa shape index (κ1) is 21.1. The van der Waals surface area contributed by atoms with Gasteiger partial charge < -0.3 is 25.8 Å². The number of para-hydroxylation sites is 1. The number of ether oxygens (including phenoxy) is 1. The number of nitrogens with zero attached hydrogens (tertiary/aromatic N) is 1. The number of phenolic OH excluding ortho intramolecular Hbond substituents is 1. The number of guanidine groups is 1. The van der Waals surface area contributed by atoms with Gasteiger partial charge in [0.25, 0.3) is 5.91 Å². The van der Waals surface area contributed by atoms with Crippen LogP contribution < -0.4 is 20.7 Å². The SMILES string of the molecule is CCNC(=NCc1ccccc1OCC)NCCNC(=O)c1ccc(O)cc1. The van der Waals surface area contributed by atoms with Crippen LogP contribution in [0.15, 0.2) is 53.5 Å². The summed E-state index contributed by atoms with van der Waals surface area (Å²) in [6.07, 6.45) is 0. The van der Waals surface area contributed by atoms with E-state index in [4.69, 9.17) is 4.74 Å². The highest BCUT2D eigenvalue weighted by Gasteiger charge is 2.05.